The highest BCUT2D eigenvalue weighted by molar-refractivity contribution is 6.21. The van der Waals surface area contributed by atoms with Crippen LogP contribution in [0, 0.1) is 0 Å². The van der Waals surface area contributed by atoms with E-state index in [1.165, 1.54) is 0 Å². The average molecular weight is 308 g/mol. The third kappa shape index (κ3) is 2.96. The van der Waals surface area contributed by atoms with Gasteiger partial charge in [-0.15, -0.1) is 0 Å². The van der Waals surface area contributed by atoms with E-state index in [2.05, 4.69) is 27.4 Å². The van der Waals surface area contributed by atoms with Gasteiger partial charge in [-0.25, -0.2) is 0 Å². The molecule has 1 heterocycles. The Bertz CT molecular complexity index is 797. The molecule has 0 spiro atoms. The number of benzene rings is 2. The van der Waals surface area contributed by atoms with Crippen LogP contribution in [0.15, 0.2) is 52.7 Å². The second-order valence-corrected chi connectivity index (χ2v) is 5.24. The van der Waals surface area contributed by atoms with Crippen molar-refractivity contribution in [1.29, 1.82) is 0 Å². The summed E-state index contributed by atoms with van der Waals surface area (Å²) in [5.41, 5.74) is 3.08. The Labute approximate surface area is 133 Å². The molecule has 6 nitrogen and oxygen atoms in total. The molecule has 0 radical (unpaired) electrons. The number of nitrogens with zero attached hydrogens (tertiary/aromatic N) is 3. The molecule has 0 saturated carbocycles. The normalized spacial score (nSPS) is 13.3. The Kier molecular flexibility index (Phi) is 3.89. The first-order chi connectivity index (χ1) is 11.1. The molecule has 0 unspecified atom stereocenters. The zero-order valence-electron chi connectivity index (χ0n) is 12.9. The number of imide groups is 1. The number of nitrogens with one attached hydrogen (secondary N) is 1. The van der Waals surface area contributed by atoms with E-state index in [-0.39, 0.29) is 5.91 Å². The van der Waals surface area contributed by atoms with Gasteiger partial charge in [-0.1, -0.05) is 0 Å². The molecule has 2 aromatic rings. The smallest absolute Gasteiger partial charge is 0.259 e. The average Bonchev–Trinajstić information content (AvgIpc) is 2.86. The number of carbonyl (C=O) groups excluding carboxylic acids is 2. The molecule has 0 aromatic heterocycles. The fraction of sp³-hybridized carbons (Fsp3) is 0.176. The highest BCUT2D eigenvalue weighted by Crippen LogP contribution is 2.25. The Morgan fingerprint density at radius 2 is 1.52 bits per heavy atom. The molecule has 6 heteroatoms. The van der Waals surface area contributed by atoms with Gasteiger partial charge in [0, 0.05) is 19.3 Å². The summed E-state index contributed by atoms with van der Waals surface area (Å²) in [6.45, 7) is 3.01. The number of hydrogen-bond donors (Lipinski definition) is 1. The zero-order chi connectivity index (χ0) is 16.4. The summed E-state index contributed by atoms with van der Waals surface area (Å²) in [6.07, 6.45) is 0. The van der Waals surface area contributed by atoms with Gasteiger partial charge < -0.3 is 4.90 Å². The fourth-order valence-corrected chi connectivity index (χ4v) is 2.29. The summed E-state index contributed by atoms with van der Waals surface area (Å²) in [7, 11) is 2.02. The first-order valence-corrected chi connectivity index (χ1v) is 7.31. The van der Waals surface area contributed by atoms with E-state index in [0.717, 1.165) is 17.9 Å². The van der Waals surface area contributed by atoms with Gasteiger partial charge in [0.15, 0.2) is 0 Å². The molecule has 1 N–H and O–H groups in total. The van der Waals surface area contributed by atoms with Crippen molar-refractivity contribution in [2.45, 2.75) is 6.92 Å². The summed E-state index contributed by atoms with van der Waals surface area (Å²) in [5, 5.41) is 10.5. The number of amides is 2. The van der Waals surface area contributed by atoms with Crippen LogP contribution in [0.3, 0.4) is 0 Å². The molecular weight excluding hydrogens is 292 g/mol. The maximum atomic E-state index is 11.6. The molecule has 2 aromatic carbocycles. The highest BCUT2D eigenvalue weighted by atomic mass is 16.2. The number of rotatable bonds is 4. The first-order valence-electron chi connectivity index (χ1n) is 7.31. The second kappa shape index (κ2) is 6.00. The van der Waals surface area contributed by atoms with E-state index >= 15 is 0 Å². The van der Waals surface area contributed by atoms with Gasteiger partial charge in [0.2, 0.25) is 0 Å². The fourth-order valence-electron chi connectivity index (χ4n) is 2.29. The summed E-state index contributed by atoms with van der Waals surface area (Å²) in [6, 6.07) is 12.5. The Hall–Kier alpha value is -3.02. The van der Waals surface area contributed by atoms with E-state index in [4.69, 9.17) is 0 Å². The molecule has 23 heavy (non-hydrogen) atoms. The summed E-state index contributed by atoms with van der Waals surface area (Å²) >= 11 is 0. The molecule has 0 aliphatic carbocycles. The van der Waals surface area contributed by atoms with Gasteiger partial charge in [0.05, 0.1) is 22.5 Å². The molecule has 0 fully saturated rings. The predicted molar refractivity (Wildman–Crippen MR) is 87.8 cm³/mol. The van der Waals surface area contributed by atoms with Crippen LogP contribution in [0.25, 0.3) is 0 Å². The van der Waals surface area contributed by atoms with E-state index < -0.39 is 5.91 Å². The lowest BCUT2D eigenvalue weighted by Gasteiger charge is -2.16. The van der Waals surface area contributed by atoms with E-state index in [1.807, 2.05) is 31.3 Å². The van der Waals surface area contributed by atoms with Gasteiger partial charge >= 0.3 is 0 Å². The standard InChI is InChI=1S/C17H16N4O2/c1-3-21(2)13-7-4-11(5-8-13)19-20-12-6-9-14-15(10-12)17(23)18-16(14)22/h4-10H,3H2,1-2H3,(H,18,22,23). The number of anilines is 1. The van der Waals surface area contributed by atoms with Gasteiger partial charge in [0.1, 0.15) is 0 Å². The van der Waals surface area contributed by atoms with Crippen molar-refractivity contribution in [3.05, 3.63) is 53.6 Å². The van der Waals surface area contributed by atoms with Crippen molar-refractivity contribution < 1.29 is 9.59 Å². The lowest BCUT2D eigenvalue weighted by molar-refractivity contribution is 0.0879. The monoisotopic (exact) mass is 308 g/mol. The molecule has 1 aliphatic heterocycles. The van der Waals surface area contributed by atoms with Crippen molar-refractivity contribution in [3.63, 3.8) is 0 Å². The predicted octanol–water partition coefficient (Wildman–Crippen LogP) is 3.44. The highest BCUT2D eigenvalue weighted by Gasteiger charge is 2.26. The maximum absolute atomic E-state index is 11.6. The summed E-state index contributed by atoms with van der Waals surface area (Å²) in [5.74, 6) is -0.766. The van der Waals surface area contributed by atoms with Gasteiger partial charge in [-0.2, -0.15) is 10.2 Å². The van der Waals surface area contributed by atoms with Gasteiger partial charge in [0.25, 0.3) is 11.8 Å². The molecule has 2 amide bonds. The largest absolute Gasteiger partial charge is 0.375 e. The number of hydrogen-bond acceptors (Lipinski definition) is 5. The molecule has 1 aliphatic rings. The Balaban J connectivity index is 1.80. The minimum absolute atomic E-state index is 0.339. The maximum Gasteiger partial charge on any atom is 0.259 e. The van der Waals surface area contributed by atoms with Crippen molar-refractivity contribution in [2.24, 2.45) is 10.2 Å². The third-order valence-electron chi connectivity index (χ3n) is 3.77. The van der Waals surface area contributed by atoms with Gasteiger partial charge in [-0.05, 0) is 49.4 Å². The quantitative estimate of drug-likeness (QED) is 0.694. The van der Waals surface area contributed by atoms with Crippen LogP contribution in [0.1, 0.15) is 27.6 Å². The van der Waals surface area contributed by atoms with Gasteiger partial charge in [-0.3, -0.25) is 14.9 Å². The zero-order valence-corrected chi connectivity index (χ0v) is 12.9. The number of carbonyl (C=O) groups is 2. The minimum atomic E-state index is -0.394. The van der Waals surface area contributed by atoms with Crippen LogP contribution in [0.4, 0.5) is 17.1 Å². The molecule has 0 bridgehead atoms. The van der Waals surface area contributed by atoms with Crippen LogP contribution in [0.5, 0.6) is 0 Å². The van der Waals surface area contributed by atoms with Crippen LogP contribution in [-0.4, -0.2) is 25.4 Å². The van der Waals surface area contributed by atoms with Crippen LogP contribution < -0.4 is 10.2 Å². The van der Waals surface area contributed by atoms with Crippen LogP contribution in [0.2, 0.25) is 0 Å². The van der Waals surface area contributed by atoms with E-state index in [1.54, 1.807) is 18.2 Å². The van der Waals surface area contributed by atoms with Crippen LogP contribution in [-0.2, 0) is 0 Å². The summed E-state index contributed by atoms with van der Waals surface area (Å²) < 4.78 is 0. The van der Waals surface area contributed by atoms with E-state index in [0.29, 0.717) is 16.8 Å². The third-order valence-corrected chi connectivity index (χ3v) is 3.77. The van der Waals surface area contributed by atoms with Crippen LogP contribution >= 0.6 is 0 Å². The Morgan fingerprint density at radius 3 is 2.22 bits per heavy atom. The van der Waals surface area contributed by atoms with Crippen molar-refractivity contribution >= 4 is 28.9 Å². The lowest BCUT2D eigenvalue weighted by Crippen LogP contribution is -2.19. The number of azo groups is 1. The Morgan fingerprint density at radius 1 is 0.913 bits per heavy atom. The molecule has 116 valence electrons. The molecule has 0 saturated heterocycles. The van der Waals surface area contributed by atoms with Crippen molar-refractivity contribution in [1.82, 2.24) is 5.32 Å². The lowest BCUT2D eigenvalue weighted by atomic mass is 10.1. The molecular formula is C17H16N4O2. The topological polar surface area (TPSA) is 74.1 Å². The SMILES string of the molecule is CCN(C)c1ccc(N=Nc2ccc3c(c2)C(=O)NC3=O)cc1. The molecule has 3 rings (SSSR count). The number of fused-ring (bicyclic) bond motifs is 1. The first kappa shape index (κ1) is 14.9. The second-order valence-electron chi connectivity index (χ2n) is 5.24. The molecule has 0 atom stereocenters. The minimum Gasteiger partial charge on any atom is -0.375 e. The summed E-state index contributed by atoms with van der Waals surface area (Å²) in [4.78, 5) is 25.2. The van der Waals surface area contributed by atoms with Crippen molar-refractivity contribution in [3.8, 4) is 0 Å². The van der Waals surface area contributed by atoms with Crippen molar-refractivity contribution in [2.75, 3.05) is 18.5 Å². The van der Waals surface area contributed by atoms with E-state index in [9.17, 15) is 9.59 Å².